The van der Waals surface area contributed by atoms with Crippen LogP contribution in [-0.2, 0) is 23.8 Å². The van der Waals surface area contributed by atoms with Crippen LogP contribution in [0.15, 0.2) is 23.3 Å². The van der Waals surface area contributed by atoms with Crippen LogP contribution in [0.25, 0.3) is 0 Å². The van der Waals surface area contributed by atoms with E-state index in [0.29, 0.717) is 25.4 Å². The zero-order valence-electron chi connectivity index (χ0n) is 14.6. The molecule has 0 unspecified atom stereocenters. The Morgan fingerprint density at radius 2 is 1.88 bits per heavy atom. The fourth-order valence-electron chi connectivity index (χ4n) is 4.33. The Kier molecular flexibility index (Phi) is 4.81. The van der Waals surface area contributed by atoms with Gasteiger partial charge in [-0.15, -0.1) is 0 Å². The van der Waals surface area contributed by atoms with Crippen molar-refractivity contribution in [1.82, 2.24) is 0 Å². The van der Waals surface area contributed by atoms with E-state index in [9.17, 15) is 9.59 Å². The van der Waals surface area contributed by atoms with Crippen molar-refractivity contribution in [2.75, 3.05) is 26.4 Å². The van der Waals surface area contributed by atoms with Crippen LogP contribution in [0.2, 0.25) is 0 Å². The van der Waals surface area contributed by atoms with Crippen molar-refractivity contribution in [3.8, 4) is 0 Å². The molecular weight excluding hydrogens is 308 g/mol. The highest BCUT2D eigenvalue weighted by atomic mass is 16.6. The molecular formula is C19H26O5. The van der Waals surface area contributed by atoms with Crippen LogP contribution in [0.4, 0.5) is 0 Å². The van der Waals surface area contributed by atoms with Crippen molar-refractivity contribution < 1.29 is 23.8 Å². The van der Waals surface area contributed by atoms with Crippen molar-refractivity contribution in [2.45, 2.75) is 39.5 Å². The lowest BCUT2D eigenvalue weighted by Crippen LogP contribution is -2.40. The lowest BCUT2D eigenvalue weighted by Gasteiger charge is -2.24. The van der Waals surface area contributed by atoms with Gasteiger partial charge in [0.05, 0.1) is 26.4 Å². The molecule has 1 aliphatic heterocycles. The second kappa shape index (κ2) is 6.71. The molecule has 1 saturated heterocycles. The van der Waals surface area contributed by atoms with Crippen LogP contribution in [0, 0.1) is 17.3 Å². The van der Waals surface area contributed by atoms with Gasteiger partial charge in [-0.3, -0.25) is 9.59 Å². The van der Waals surface area contributed by atoms with Crippen LogP contribution >= 0.6 is 0 Å². The topological polar surface area (TPSA) is 61.8 Å². The first-order chi connectivity index (χ1) is 11.5. The molecule has 0 amide bonds. The number of carbonyl (C=O) groups is 2. The minimum atomic E-state index is -1.23. The molecule has 2 fully saturated rings. The zero-order chi connectivity index (χ0) is 17.3. The Labute approximate surface area is 143 Å². The normalized spacial score (nSPS) is 28.2. The van der Waals surface area contributed by atoms with E-state index in [4.69, 9.17) is 14.2 Å². The summed E-state index contributed by atoms with van der Waals surface area (Å²) in [6, 6.07) is 0. The first-order valence-electron chi connectivity index (χ1n) is 8.85. The van der Waals surface area contributed by atoms with Crippen molar-refractivity contribution in [1.29, 1.82) is 0 Å². The molecule has 132 valence electrons. The summed E-state index contributed by atoms with van der Waals surface area (Å²) in [6.07, 6.45) is 2.74. The molecule has 5 heteroatoms. The highest BCUT2D eigenvalue weighted by molar-refractivity contribution is 6.01. The van der Waals surface area contributed by atoms with Crippen molar-refractivity contribution >= 4 is 11.9 Å². The van der Waals surface area contributed by atoms with E-state index in [1.165, 1.54) is 11.1 Å². The molecule has 1 saturated carbocycles. The number of ether oxygens (including phenoxy) is 3. The lowest BCUT2D eigenvalue weighted by molar-refractivity contribution is -0.171. The Morgan fingerprint density at radius 3 is 2.50 bits per heavy atom. The molecule has 3 aliphatic rings. The molecule has 2 aliphatic carbocycles. The number of allylic oxidation sites excluding steroid dienone is 2. The Bertz CT molecular complexity index is 571. The molecule has 24 heavy (non-hydrogen) atoms. The predicted octanol–water partition coefficient (Wildman–Crippen LogP) is 2.80. The minimum absolute atomic E-state index is 0.0560. The summed E-state index contributed by atoms with van der Waals surface area (Å²) >= 11 is 0. The van der Waals surface area contributed by atoms with E-state index in [0.717, 1.165) is 25.0 Å². The van der Waals surface area contributed by atoms with Crippen LogP contribution in [0.5, 0.6) is 0 Å². The van der Waals surface area contributed by atoms with Crippen LogP contribution in [0.1, 0.15) is 39.5 Å². The maximum atomic E-state index is 12.7. The highest BCUT2D eigenvalue weighted by Crippen LogP contribution is 2.54. The minimum Gasteiger partial charge on any atom is -0.465 e. The van der Waals surface area contributed by atoms with E-state index in [2.05, 4.69) is 6.58 Å². The summed E-state index contributed by atoms with van der Waals surface area (Å²) in [5, 5.41) is 0. The average Bonchev–Trinajstić information content (AvgIpc) is 3.16. The van der Waals surface area contributed by atoms with E-state index < -0.39 is 17.4 Å². The van der Waals surface area contributed by atoms with Gasteiger partial charge in [0.25, 0.3) is 0 Å². The van der Waals surface area contributed by atoms with E-state index in [-0.39, 0.29) is 19.1 Å². The number of hydrogen-bond donors (Lipinski definition) is 0. The van der Waals surface area contributed by atoms with Gasteiger partial charge in [0.15, 0.2) is 5.41 Å². The van der Waals surface area contributed by atoms with Gasteiger partial charge in [0.2, 0.25) is 0 Å². The summed E-state index contributed by atoms with van der Waals surface area (Å²) in [6.45, 7) is 9.59. The van der Waals surface area contributed by atoms with Gasteiger partial charge in [0, 0.05) is 11.8 Å². The van der Waals surface area contributed by atoms with Crippen LogP contribution in [-0.4, -0.2) is 38.4 Å². The predicted molar refractivity (Wildman–Crippen MR) is 88.1 cm³/mol. The third kappa shape index (κ3) is 2.69. The quantitative estimate of drug-likeness (QED) is 0.449. The monoisotopic (exact) mass is 334 g/mol. The molecule has 2 atom stereocenters. The van der Waals surface area contributed by atoms with Crippen molar-refractivity contribution in [3.63, 3.8) is 0 Å². The van der Waals surface area contributed by atoms with Gasteiger partial charge >= 0.3 is 11.9 Å². The van der Waals surface area contributed by atoms with Gasteiger partial charge in [-0.05, 0) is 45.1 Å². The van der Waals surface area contributed by atoms with Gasteiger partial charge in [-0.1, -0.05) is 17.7 Å². The maximum Gasteiger partial charge on any atom is 0.323 e. The molecule has 5 nitrogen and oxygen atoms in total. The molecule has 3 rings (SSSR count). The number of carbonyl (C=O) groups excluding carboxylic acids is 2. The van der Waals surface area contributed by atoms with Crippen molar-refractivity contribution in [2.24, 2.45) is 17.3 Å². The first-order valence-corrected chi connectivity index (χ1v) is 8.85. The largest absolute Gasteiger partial charge is 0.465 e. The average molecular weight is 334 g/mol. The number of hydrogen-bond acceptors (Lipinski definition) is 5. The van der Waals surface area contributed by atoms with Gasteiger partial charge < -0.3 is 14.2 Å². The molecule has 0 aromatic rings. The smallest absolute Gasteiger partial charge is 0.323 e. The standard InChI is InChI=1S/C19H26O5/c1-4-23-17(20)19(18(21)24-5-2)8-14-12(3)6-7-13-10-22-11-16(13)15(14)9-19/h13-14H,3-11H2,1-2H3/t13-,14-/m0/s1. The summed E-state index contributed by atoms with van der Waals surface area (Å²) < 4.78 is 16.2. The van der Waals surface area contributed by atoms with E-state index >= 15 is 0 Å². The molecule has 1 heterocycles. The van der Waals surface area contributed by atoms with Gasteiger partial charge in [-0.25, -0.2) is 0 Å². The number of fused-ring (bicyclic) bond motifs is 2. The zero-order valence-corrected chi connectivity index (χ0v) is 14.6. The van der Waals surface area contributed by atoms with E-state index in [1.54, 1.807) is 13.8 Å². The third-order valence-electron chi connectivity index (χ3n) is 5.59. The van der Waals surface area contributed by atoms with Crippen LogP contribution < -0.4 is 0 Å². The molecule has 0 spiro atoms. The molecule has 0 N–H and O–H groups in total. The lowest BCUT2D eigenvalue weighted by atomic mass is 9.83. The maximum absolute atomic E-state index is 12.7. The van der Waals surface area contributed by atoms with Gasteiger partial charge in [-0.2, -0.15) is 0 Å². The van der Waals surface area contributed by atoms with Gasteiger partial charge in [0.1, 0.15) is 0 Å². The highest BCUT2D eigenvalue weighted by Gasteiger charge is 2.57. The fourth-order valence-corrected chi connectivity index (χ4v) is 4.33. The number of esters is 2. The summed E-state index contributed by atoms with van der Waals surface area (Å²) in [5.41, 5.74) is 2.32. The first kappa shape index (κ1) is 17.2. The van der Waals surface area contributed by atoms with Crippen LogP contribution in [0.3, 0.4) is 0 Å². The SMILES string of the molecule is C=C1CC[C@H]2COCC2=C2CC(C(=O)OCC)(C(=O)OCC)C[C@@H]12. The fraction of sp³-hybridized carbons (Fsp3) is 0.684. The second-order valence-electron chi connectivity index (χ2n) is 6.92. The number of rotatable bonds is 4. The summed E-state index contributed by atoms with van der Waals surface area (Å²) in [5.74, 6) is -0.483. The molecule has 0 aromatic carbocycles. The van der Waals surface area contributed by atoms with Crippen molar-refractivity contribution in [3.05, 3.63) is 23.3 Å². The summed E-state index contributed by atoms with van der Waals surface area (Å²) in [7, 11) is 0. The third-order valence-corrected chi connectivity index (χ3v) is 5.59. The molecule has 0 bridgehead atoms. The van der Waals surface area contributed by atoms with E-state index in [1.807, 2.05) is 0 Å². The Balaban J connectivity index is 2.02. The Hall–Kier alpha value is -1.62. The summed E-state index contributed by atoms with van der Waals surface area (Å²) in [4.78, 5) is 25.4. The molecule has 0 aromatic heterocycles. The second-order valence-corrected chi connectivity index (χ2v) is 6.92. The Morgan fingerprint density at radius 1 is 1.21 bits per heavy atom. The molecule has 0 radical (unpaired) electrons.